The Morgan fingerprint density at radius 1 is 1.13 bits per heavy atom. The summed E-state index contributed by atoms with van der Waals surface area (Å²) < 4.78 is 30.7. The van der Waals surface area contributed by atoms with Gasteiger partial charge in [0.1, 0.15) is 11.5 Å². The summed E-state index contributed by atoms with van der Waals surface area (Å²) in [4.78, 5) is 34.9. The molecule has 0 radical (unpaired) electrons. The van der Waals surface area contributed by atoms with E-state index in [0.717, 1.165) is 53.7 Å². The number of H-pyrrole nitrogens is 1. The minimum Gasteiger partial charge on any atom is -0.508 e. The average molecular weight is 538 g/mol. The van der Waals surface area contributed by atoms with Crippen LogP contribution in [0.4, 0.5) is 8.78 Å². The number of aromatic hydroxyl groups is 1. The van der Waals surface area contributed by atoms with E-state index in [2.05, 4.69) is 14.6 Å². The Balaban J connectivity index is 1.46. The number of phenolic OH excluding ortho intramolecular Hbond substituents is 1. The van der Waals surface area contributed by atoms with Crippen LogP contribution < -0.4 is 4.74 Å². The van der Waals surface area contributed by atoms with Crippen LogP contribution in [0, 0.1) is 11.3 Å². The fourth-order valence-electron chi connectivity index (χ4n) is 7.09. The lowest BCUT2D eigenvalue weighted by Gasteiger charge is -2.45. The van der Waals surface area contributed by atoms with Gasteiger partial charge in [0.05, 0.1) is 5.41 Å². The number of fused-ring (bicyclic) bond motifs is 4. The van der Waals surface area contributed by atoms with Crippen LogP contribution in [0.5, 0.6) is 11.5 Å². The molecule has 3 atom stereocenters. The molecular weight excluding hydrogens is 504 g/mol. The highest BCUT2D eigenvalue weighted by Gasteiger charge is 2.54. The molecule has 1 unspecified atom stereocenters. The molecule has 3 aliphatic rings. The van der Waals surface area contributed by atoms with Crippen LogP contribution in [0.2, 0.25) is 0 Å². The minimum atomic E-state index is -2.95. The van der Waals surface area contributed by atoms with Crippen molar-refractivity contribution in [2.45, 2.75) is 51.6 Å². The zero-order valence-corrected chi connectivity index (χ0v) is 22.0. The summed E-state index contributed by atoms with van der Waals surface area (Å²) in [6.45, 7) is 2.00. The van der Waals surface area contributed by atoms with Gasteiger partial charge in [-0.2, -0.15) is 8.78 Å². The van der Waals surface area contributed by atoms with E-state index in [1.807, 2.05) is 13.0 Å². The monoisotopic (exact) mass is 537 g/mol. The van der Waals surface area contributed by atoms with E-state index < -0.39 is 12.0 Å². The van der Waals surface area contributed by atoms with Gasteiger partial charge in [-0.15, -0.1) is 0 Å². The van der Waals surface area contributed by atoms with Gasteiger partial charge in [0.25, 0.3) is 0 Å². The fraction of sp³-hybridized carbons (Fsp3) is 0.467. The van der Waals surface area contributed by atoms with Crippen LogP contribution in [-0.4, -0.2) is 64.5 Å². The lowest BCUT2D eigenvalue weighted by molar-refractivity contribution is -0.151. The van der Waals surface area contributed by atoms with Gasteiger partial charge in [0, 0.05) is 42.0 Å². The topological polar surface area (TPSA) is 85.9 Å². The molecule has 3 heterocycles. The fourth-order valence-corrected chi connectivity index (χ4v) is 7.09. The number of rotatable bonds is 6. The van der Waals surface area contributed by atoms with Crippen molar-refractivity contribution in [3.63, 3.8) is 0 Å². The number of imide groups is 1. The number of alkyl halides is 2. The molecule has 6 rings (SSSR count). The Bertz CT molecular complexity index is 1420. The van der Waals surface area contributed by atoms with Gasteiger partial charge in [-0.3, -0.25) is 14.5 Å². The van der Waals surface area contributed by atoms with Crippen LogP contribution in [0.1, 0.15) is 55.3 Å². The van der Waals surface area contributed by atoms with Crippen LogP contribution in [0.15, 0.2) is 42.5 Å². The second-order valence-electron chi connectivity index (χ2n) is 11.3. The highest BCUT2D eigenvalue weighted by atomic mass is 19.3. The third-order valence-electron chi connectivity index (χ3n) is 8.98. The number of ether oxygens (including phenoxy) is 1. The lowest BCUT2D eigenvalue weighted by atomic mass is 9.59. The van der Waals surface area contributed by atoms with Crippen molar-refractivity contribution in [2.24, 2.45) is 11.3 Å². The third-order valence-corrected chi connectivity index (χ3v) is 8.98. The number of aromatic nitrogens is 1. The predicted octanol–water partition coefficient (Wildman–Crippen LogP) is 5.03. The van der Waals surface area contributed by atoms with Gasteiger partial charge < -0.3 is 19.7 Å². The maximum Gasteiger partial charge on any atom is 0.387 e. The van der Waals surface area contributed by atoms with Crippen molar-refractivity contribution in [3.8, 4) is 11.5 Å². The SMILES string of the molecule is C[C@@]12Cc3c([nH]c4ccc(OC(F)F)cc34)[C@@H](c3cccc(O)c3)C1CCC(=O)N(CCN1CCCC1)C2=O. The molecule has 2 N–H and O–H groups in total. The average Bonchev–Trinajstić information content (AvgIpc) is 3.52. The van der Waals surface area contributed by atoms with E-state index in [0.29, 0.717) is 25.9 Å². The van der Waals surface area contributed by atoms with Crippen molar-refractivity contribution >= 4 is 22.7 Å². The van der Waals surface area contributed by atoms with Crippen LogP contribution in [0.3, 0.4) is 0 Å². The summed E-state index contributed by atoms with van der Waals surface area (Å²) in [6, 6.07) is 11.8. The number of hydrogen-bond donors (Lipinski definition) is 2. The van der Waals surface area contributed by atoms with E-state index in [9.17, 15) is 23.5 Å². The molecular formula is C30H33F2N3O4. The first-order chi connectivity index (χ1) is 18.7. The number of nitrogens with zero attached hydrogens (tertiary/aromatic N) is 2. The molecule has 1 aliphatic carbocycles. The van der Waals surface area contributed by atoms with Crippen molar-refractivity contribution < 1.29 is 28.2 Å². The van der Waals surface area contributed by atoms with Gasteiger partial charge >= 0.3 is 6.61 Å². The van der Waals surface area contributed by atoms with E-state index >= 15 is 0 Å². The lowest BCUT2D eigenvalue weighted by Crippen LogP contribution is -2.51. The number of benzene rings is 2. The van der Waals surface area contributed by atoms with Crippen molar-refractivity contribution in [2.75, 3.05) is 26.2 Å². The summed E-state index contributed by atoms with van der Waals surface area (Å²) in [7, 11) is 0. The van der Waals surface area contributed by atoms with Crippen LogP contribution in [0.25, 0.3) is 10.9 Å². The second kappa shape index (κ2) is 9.93. The molecule has 0 spiro atoms. The van der Waals surface area contributed by atoms with Gasteiger partial charge in [0.15, 0.2) is 0 Å². The molecule has 2 aliphatic heterocycles. The zero-order chi connectivity index (χ0) is 27.3. The maximum absolute atomic E-state index is 14.3. The summed E-state index contributed by atoms with van der Waals surface area (Å²) in [6.07, 6.45) is 3.42. The maximum atomic E-state index is 14.3. The normalized spacial score (nSPS) is 25.7. The zero-order valence-electron chi connectivity index (χ0n) is 22.0. The number of phenols is 1. The number of halogens is 2. The Morgan fingerprint density at radius 2 is 1.92 bits per heavy atom. The summed E-state index contributed by atoms with van der Waals surface area (Å²) in [5.41, 5.74) is 2.45. The Labute approximate surface area is 225 Å². The molecule has 9 heteroatoms. The molecule has 2 fully saturated rings. The Kier molecular flexibility index (Phi) is 6.57. The molecule has 2 aromatic carbocycles. The molecule has 2 saturated heterocycles. The molecule has 2 amide bonds. The van der Waals surface area contributed by atoms with Gasteiger partial charge in [0.2, 0.25) is 11.8 Å². The first kappa shape index (κ1) is 25.8. The third kappa shape index (κ3) is 4.56. The van der Waals surface area contributed by atoms with Crippen molar-refractivity contribution in [1.29, 1.82) is 0 Å². The molecule has 1 aromatic heterocycles. The molecule has 206 valence electrons. The summed E-state index contributed by atoms with van der Waals surface area (Å²) >= 11 is 0. The standard InChI is InChI=1S/C30H33F2N3O4/c1-30-17-22-21-16-20(39-29(31)32)7-9-24(21)33-27(22)26(18-5-4-6-19(36)15-18)23(30)8-10-25(37)35(28(30)38)14-13-34-11-2-3-12-34/h4-7,9,15-16,23,26,29,33,36H,2-3,8,10-14,17H2,1H3/t23?,26-,30+/m0/s1. The number of nitrogens with one attached hydrogen (secondary N) is 1. The van der Waals surface area contributed by atoms with Gasteiger partial charge in [-0.1, -0.05) is 19.1 Å². The van der Waals surface area contributed by atoms with E-state index in [1.54, 1.807) is 30.3 Å². The van der Waals surface area contributed by atoms with Crippen LogP contribution >= 0.6 is 0 Å². The molecule has 39 heavy (non-hydrogen) atoms. The molecule has 0 saturated carbocycles. The number of carbonyl (C=O) groups excluding carboxylic acids is 2. The van der Waals surface area contributed by atoms with Crippen molar-refractivity contribution in [3.05, 3.63) is 59.3 Å². The number of amides is 2. The van der Waals surface area contributed by atoms with Crippen LogP contribution in [-0.2, 0) is 16.0 Å². The number of likely N-dealkylation sites (tertiary alicyclic amines) is 2. The molecule has 0 bridgehead atoms. The number of hydrogen-bond acceptors (Lipinski definition) is 5. The first-order valence-corrected chi connectivity index (χ1v) is 13.7. The van der Waals surface area contributed by atoms with E-state index in [-0.39, 0.29) is 41.6 Å². The molecule has 3 aromatic rings. The van der Waals surface area contributed by atoms with Crippen molar-refractivity contribution in [1.82, 2.24) is 14.8 Å². The second-order valence-corrected chi connectivity index (χ2v) is 11.3. The van der Waals surface area contributed by atoms with Gasteiger partial charge in [-0.25, -0.2) is 0 Å². The number of aromatic amines is 1. The highest BCUT2D eigenvalue weighted by Crippen LogP contribution is 2.55. The Hall–Kier alpha value is -3.46. The highest BCUT2D eigenvalue weighted by molar-refractivity contribution is 6.00. The van der Waals surface area contributed by atoms with E-state index in [1.165, 1.54) is 11.0 Å². The van der Waals surface area contributed by atoms with E-state index in [4.69, 9.17) is 0 Å². The Morgan fingerprint density at radius 3 is 2.67 bits per heavy atom. The summed E-state index contributed by atoms with van der Waals surface area (Å²) in [5.74, 6) is -0.661. The van der Waals surface area contributed by atoms with Gasteiger partial charge in [-0.05, 0) is 86.1 Å². The smallest absolute Gasteiger partial charge is 0.387 e. The first-order valence-electron chi connectivity index (χ1n) is 13.7. The minimum absolute atomic E-state index is 0.0510. The number of carbonyl (C=O) groups is 2. The summed E-state index contributed by atoms with van der Waals surface area (Å²) in [5, 5.41) is 11.1. The largest absolute Gasteiger partial charge is 0.508 e. The predicted molar refractivity (Wildman–Crippen MR) is 142 cm³/mol. The molecule has 7 nitrogen and oxygen atoms in total. The quantitative estimate of drug-likeness (QED) is 0.431.